The molecule has 2 rings (SSSR count). The van der Waals surface area contributed by atoms with Crippen molar-refractivity contribution in [2.75, 3.05) is 13.7 Å². The Balaban J connectivity index is 2.17. The van der Waals surface area contributed by atoms with E-state index in [1.165, 1.54) is 33.3 Å². The summed E-state index contributed by atoms with van der Waals surface area (Å²) in [6.07, 6.45) is 8.25. The smallest absolute Gasteiger partial charge is 0.308 e. The van der Waals surface area contributed by atoms with Crippen LogP contribution in [0.3, 0.4) is 0 Å². The predicted molar refractivity (Wildman–Crippen MR) is 133 cm³/mol. The van der Waals surface area contributed by atoms with Crippen LogP contribution in [-0.4, -0.2) is 31.4 Å². The van der Waals surface area contributed by atoms with Crippen LogP contribution in [-0.2, 0) is 9.59 Å². The number of benzene rings is 2. The van der Waals surface area contributed by atoms with Gasteiger partial charge in [-0.05, 0) is 42.3 Å². The minimum absolute atomic E-state index is 0.113. The first-order chi connectivity index (χ1) is 16.4. The molecule has 0 aromatic heterocycles. The van der Waals surface area contributed by atoms with Crippen LogP contribution in [0.4, 0.5) is 0 Å². The molecule has 182 valence electrons. The minimum atomic E-state index is -0.466. The van der Waals surface area contributed by atoms with Gasteiger partial charge in [-0.15, -0.1) is 0 Å². The summed E-state index contributed by atoms with van der Waals surface area (Å²) in [5, 5.41) is 5.61. The third kappa shape index (κ3) is 9.10. The zero-order chi connectivity index (χ0) is 24.8. The van der Waals surface area contributed by atoms with E-state index < -0.39 is 5.97 Å². The van der Waals surface area contributed by atoms with Crippen LogP contribution in [0.1, 0.15) is 68.3 Å². The van der Waals surface area contributed by atoms with Gasteiger partial charge >= 0.3 is 5.97 Å². The number of unbranched alkanes of at least 4 members (excludes halogenated alkanes) is 5. The molecule has 7 heteroatoms. The zero-order valence-corrected chi connectivity index (χ0v) is 20.2. The van der Waals surface area contributed by atoms with Crippen LogP contribution in [0.25, 0.3) is 6.08 Å². The van der Waals surface area contributed by atoms with Crippen molar-refractivity contribution in [1.29, 1.82) is 0 Å². The molecule has 0 aliphatic rings. The molecule has 0 fully saturated rings. The van der Waals surface area contributed by atoms with Gasteiger partial charge in [-0.25, -0.2) is 0 Å². The second-order valence-corrected chi connectivity index (χ2v) is 7.91. The second kappa shape index (κ2) is 14.5. The van der Waals surface area contributed by atoms with Crippen LogP contribution in [0.15, 0.2) is 54.2 Å². The van der Waals surface area contributed by atoms with Gasteiger partial charge in [0.15, 0.2) is 11.5 Å². The van der Waals surface area contributed by atoms with E-state index in [2.05, 4.69) is 17.6 Å². The third-order valence-electron chi connectivity index (χ3n) is 5.10. The number of esters is 1. The van der Waals surface area contributed by atoms with Crippen LogP contribution < -0.4 is 20.1 Å². The lowest BCUT2D eigenvalue weighted by Gasteiger charge is -2.12. The van der Waals surface area contributed by atoms with Crippen molar-refractivity contribution in [2.24, 2.45) is 0 Å². The fraction of sp³-hybridized carbons (Fsp3) is 0.370. The topological polar surface area (TPSA) is 93.7 Å². The molecule has 34 heavy (non-hydrogen) atoms. The van der Waals surface area contributed by atoms with Gasteiger partial charge in [-0.3, -0.25) is 14.4 Å². The van der Waals surface area contributed by atoms with Gasteiger partial charge in [-0.1, -0.05) is 63.3 Å². The first kappa shape index (κ1) is 26.6. The maximum Gasteiger partial charge on any atom is 0.308 e. The molecule has 2 aromatic rings. The Labute approximate surface area is 201 Å². The molecule has 2 aromatic carbocycles. The Kier molecular flexibility index (Phi) is 11.4. The maximum absolute atomic E-state index is 12.9. The molecule has 0 saturated carbocycles. The highest BCUT2D eigenvalue weighted by Crippen LogP contribution is 2.29. The molecule has 0 radical (unpaired) electrons. The number of carbonyl (C=O) groups is 3. The quantitative estimate of drug-likeness (QED) is 0.190. The largest absolute Gasteiger partial charge is 0.493 e. The summed E-state index contributed by atoms with van der Waals surface area (Å²) in [6, 6.07) is 13.6. The third-order valence-corrected chi connectivity index (χ3v) is 5.10. The molecular formula is C27H34N2O5. The van der Waals surface area contributed by atoms with E-state index >= 15 is 0 Å². The lowest BCUT2D eigenvalue weighted by molar-refractivity contribution is -0.132. The lowest BCUT2D eigenvalue weighted by Crippen LogP contribution is -2.35. The highest BCUT2D eigenvalue weighted by Gasteiger charge is 2.15. The number of hydrogen-bond acceptors (Lipinski definition) is 5. The standard InChI is InChI=1S/C27H34N2O5/c1-4-5-6-7-8-12-17-28-27(32)23(29-26(31)22-13-10-9-11-14-22)18-21-15-16-24(34-20(2)30)25(19-21)33-3/h9-11,13-16,18-19H,4-8,12,17H2,1-3H3,(H,28,32)(H,29,31)/b23-18-. The molecule has 0 unspecified atom stereocenters. The van der Waals surface area contributed by atoms with Crippen LogP contribution in [0.2, 0.25) is 0 Å². The van der Waals surface area contributed by atoms with Crippen molar-refractivity contribution < 1.29 is 23.9 Å². The number of methoxy groups -OCH3 is 1. The molecule has 0 bridgehead atoms. The summed E-state index contributed by atoms with van der Waals surface area (Å²) in [5.74, 6) is -0.614. The fourth-order valence-corrected chi connectivity index (χ4v) is 3.32. The first-order valence-corrected chi connectivity index (χ1v) is 11.7. The minimum Gasteiger partial charge on any atom is -0.493 e. The van der Waals surface area contributed by atoms with Crippen molar-refractivity contribution >= 4 is 23.9 Å². The van der Waals surface area contributed by atoms with Crippen LogP contribution in [0.5, 0.6) is 11.5 Å². The summed E-state index contributed by atoms with van der Waals surface area (Å²) in [6.45, 7) is 4.01. The van der Waals surface area contributed by atoms with Crippen molar-refractivity contribution in [2.45, 2.75) is 52.4 Å². The van der Waals surface area contributed by atoms with E-state index in [4.69, 9.17) is 9.47 Å². The molecule has 2 amide bonds. The summed E-state index contributed by atoms with van der Waals surface area (Å²) in [5.41, 5.74) is 1.16. The lowest BCUT2D eigenvalue weighted by atomic mass is 10.1. The number of ether oxygens (including phenoxy) is 2. The highest BCUT2D eigenvalue weighted by molar-refractivity contribution is 6.05. The summed E-state index contributed by atoms with van der Waals surface area (Å²) in [7, 11) is 1.46. The average molecular weight is 467 g/mol. The summed E-state index contributed by atoms with van der Waals surface area (Å²) >= 11 is 0. The zero-order valence-electron chi connectivity index (χ0n) is 20.2. The first-order valence-electron chi connectivity index (χ1n) is 11.7. The van der Waals surface area contributed by atoms with Crippen LogP contribution in [0, 0.1) is 0 Å². The normalized spacial score (nSPS) is 11.0. The molecule has 0 heterocycles. The molecule has 0 spiro atoms. The molecule has 0 aliphatic carbocycles. The van der Waals surface area contributed by atoms with Crippen molar-refractivity contribution in [3.8, 4) is 11.5 Å². The van der Waals surface area contributed by atoms with E-state index in [0.29, 0.717) is 23.4 Å². The monoisotopic (exact) mass is 466 g/mol. The Hall–Kier alpha value is -3.61. The van der Waals surface area contributed by atoms with Gasteiger partial charge in [-0.2, -0.15) is 0 Å². The number of nitrogens with one attached hydrogen (secondary N) is 2. The number of carbonyl (C=O) groups excluding carboxylic acids is 3. The van der Waals surface area contributed by atoms with E-state index in [-0.39, 0.29) is 23.3 Å². The van der Waals surface area contributed by atoms with Gasteiger partial charge in [0.1, 0.15) is 5.70 Å². The average Bonchev–Trinajstić information content (AvgIpc) is 2.84. The van der Waals surface area contributed by atoms with Gasteiger partial charge in [0.2, 0.25) is 0 Å². The Morgan fingerprint density at radius 2 is 1.62 bits per heavy atom. The fourth-order valence-electron chi connectivity index (χ4n) is 3.32. The second-order valence-electron chi connectivity index (χ2n) is 7.91. The summed E-state index contributed by atoms with van der Waals surface area (Å²) in [4.78, 5) is 36.9. The molecule has 0 aliphatic heterocycles. The van der Waals surface area contributed by atoms with Gasteiger partial charge in [0, 0.05) is 19.0 Å². The van der Waals surface area contributed by atoms with Crippen molar-refractivity contribution in [3.63, 3.8) is 0 Å². The van der Waals surface area contributed by atoms with Gasteiger partial charge < -0.3 is 20.1 Å². The highest BCUT2D eigenvalue weighted by atomic mass is 16.6. The molecule has 0 saturated heterocycles. The number of amides is 2. The summed E-state index contributed by atoms with van der Waals surface area (Å²) < 4.78 is 10.4. The molecule has 2 N–H and O–H groups in total. The molecular weight excluding hydrogens is 432 g/mol. The number of hydrogen-bond donors (Lipinski definition) is 2. The van der Waals surface area contributed by atoms with E-state index in [1.807, 2.05) is 6.07 Å². The van der Waals surface area contributed by atoms with Crippen LogP contribution >= 0.6 is 0 Å². The SMILES string of the molecule is CCCCCCCCNC(=O)/C(=C/c1ccc(OC(C)=O)c(OC)c1)NC(=O)c1ccccc1. The Morgan fingerprint density at radius 1 is 0.912 bits per heavy atom. The Bertz CT molecular complexity index is 986. The van der Waals surface area contributed by atoms with Gasteiger partial charge in [0.25, 0.3) is 11.8 Å². The van der Waals surface area contributed by atoms with E-state index in [0.717, 1.165) is 19.3 Å². The van der Waals surface area contributed by atoms with E-state index in [9.17, 15) is 14.4 Å². The number of rotatable bonds is 13. The molecule has 7 nitrogen and oxygen atoms in total. The van der Waals surface area contributed by atoms with Crippen molar-refractivity contribution in [1.82, 2.24) is 10.6 Å². The Morgan fingerprint density at radius 3 is 2.29 bits per heavy atom. The van der Waals surface area contributed by atoms with Crippen molar-refractivity contribution in [3.05, 3.63) is 65.4 Å². The van der Waals surface area contributed by atoms with E-state index in [1.54, 1.807) is 48.5 Å². The predicted octanol–water partition coefficient (Wildman–Crippen LogP) is 4.87. The maximum atomic E-state index is 12.9. The molecule has 0 atom stereocenters. The van der Waals surface area contributed by atoms with Gasteiger partial charge in [0.05, 0.1) is 7.11 Å².